The fourth-order valence-electron chi connectivity index (χ4n) is 8.32. The molecule has 0 amide bonds. The van der Waals surface area contributed by atoms with E-state index in [1.165, 1.54) is 116 Å². The van der Waals surface area contributed by atoms with Crippen molar-refractivity contribution in [3.8, 4) is 0 Å². The molecular formula is C27H45NO2. The smallest absolute Gasteiger partial charge is 0.323 e. The SMILES string of the molecule is O=C(OCC1CCCCC1)C(C1CCCCC1)N1C2CCCCC2C2CCCCC21. The van der Waals surface area contributed by atoms with Crippen LogP contribution in [-0.4, -0.2) is 35.6 Å². The molecule has 5 rings (SSSR count). The summed E-state index contributed by atoms with van der Waals surface area (Å²) in [7, 11) is 0. The molecule has 30 heavy (non-hydrogen) atoms. The first-order chi connectivity index (χ1) is 14.8. The van der Waals surface area contributed by atoms with Crippen LogP contribution in [0.1, 0.15) is 116 Å². The van der Waals surface area contributed by atoms with Crippen LogP contribution in [0.2, 0.25) is 0 Å². The molecule has 0 N–H and O–H groups in total. The molecule has 4 saturated carbocycles. The number of likely N-dealkylation sites (tertiary alicyclic amines) is 1. The maximum atomic E-state index is 13.8. The Balaban J connectivity index is 1.36. The number of carbonyl (C=O) groups is 1. The fraction of sp³-hybridized carbons (Fsp3) is 0.963. The molecule has 0 bridgehead atoms. The van der Waals surface area contributed by atoms with Gasteiger partial charge in [-0.3, -0.25) is 9.69 Å². The Hall–Kier alpha value is -0.570. The highest BCUT2D eigenvalue weighted by Gasteiger charge is 2.54. The summed E-state index contributed by atoms with van der Waals surface area (Å²) < 4.78 is 6.19. The Morgan fingerprint density at radius 2 is 1.17 bits per heavy atom. The van der Waals surface area contributed by atoms with Crippen molar-refractivity contribution in [2.45, 2.75) is 134 Å². The number of rotatable bonds is 5. The van der Waals surface area contributed by atoms with Crippen molar-refractivity contribution in [3.05, 3.63) is 0 Å². The number of fused-ring (bicyclic) bond motifs is 3. The van der Waals surface area contributed by atoms with Crippen molar-refractivity contribution in [1.29, 1.82) is 0 Å². The topological polar surface area (TPSA) is 29.5 Å². The molecule has 0 aromatic carbocycles. The Morgan fingerprint density at radius 1 is 0.667 bits per heavy atom. The Kier molecular flexibility index (Phi) is 7.04. The molecule has 0 aromatic rings. The molecule has 5 unspecified atom stereocenters. The molecular weight excluding hydrogens is 370 g/mol. The molecule has 1 aliphatic heterocycles. The Bertz CT molecular complexity index is 543. The van der Waals surface area contributed by atoms with Crippen LogP contribution in [-0.2, 0) is 9.53 Å². The van der Waals surface area contributed by atoms with Gasteiger partial charge in [-0.25, -0.2) is 0 Å². The maximum Gasteiger partial charge on any atom is 0.323 e. The Labute approximate surface area is 184 Å². The summed E-state index contributed by atoms with van der Waals surface area (Å²) in [5, 5.41) is 0. The molecule has 4 aliphatic carbocycles. The molecule has 1 saturated heterocycles. The van der Waals surface area contributed by atoms with Crippen molar-refractivity contribution in [2.75, 3.05) is 6.61 Å². The molecule has 0 spiro atoms. The molecule has 5 atom stereocenters. The number of carbonyl (C=O) groups excluding carboxylic acids is 1. The third-order valence-corrected chi connectivity index (χ3v) is 9.72. The molecule has 3 nitrogen and oxygen atoms in total. The van der Waals surface area contributed by atoms with Gasteiger partial charge in [0.1, 0.15) is 6.04 Å². The zero-order valence-corrected chi connectivity index (χ0v) is 19.2. The van der Waals surface area contributed by atoms with Gasteiger partial charge in [-0.15, -0.1) is 0 Å². The highest BCUT2D eigenvalue weighted by atomic mass is 16.5. The van der Waals surface area contributed by atoms with Crippen LogP contribution >= 0.6 is 0 Å². The predicted octanol–water partition coefficient (Wildman–Crippen LogP) is 6.49. The summed E-state index contributed by atoms with van der Waals surface area (Å²) in [6, 6.07) is 1.40. The number of hydrogen-bond acceptors (Lipinski definition) is 3. The first-order valence-electron chi connectivity index (χ1n) is 13.8. The molecule has 0 radical (unpaired) electrons. The normalized spacial score (nSPS) is 37.3. The first kappa shape index (κ1) is 21.3. The molecule has 170 valence electrons. The van der Waals surface area contributed by atoms with Gasteiger partial charge in [0.05, 0.1) is 6.61 Å². The minimum absolute atomic E-state index is 0.0626. The summed E-state index contributed by atoms with van der Waals surface area (Å²) in [5.41, 5.74) is 0. The van der Waals surface area contributed by atoms with Crippen molar-refractivity contribution >= 4 is 5.97 Å². The highest BCUT2D eigenvalue weighted by Crippen LogP contribution is 2.51. The van der Waals surface area contributed by atoms with E-state index < -0.39 is 0 Å². The molecule has 3 heteroatoms. The van der Waals surface area contributed by atoms with E-state index in [1.807, 2.05) is 0 Å². The summed E-state index contributed by atoms with van der Waals surface area (Å²) in [4.78, 5) is 16.6. The van der Waals surface area contributed by atoms with Crippen LogP contribution in [0.15, 0.2) is 0 Å². The van der Waals surface area contributed by atoms with Crippen molar-refractivity contribution in [3.63, 3.8) is 0 Å². The lowest BCUT2D eigenvalue weighted by atomic mass is 9.73. The molecule has 5 aliphatic rings. The van der Waals surface area contributed by atoms with Gasteiger partial charge in [-0.1, -0.05) is 64.2 Å². The van der Waals surface area contributed by atoms with Crippen molar-refractivity contribution in [1.82, 2.24) is 4.90 Å². The van der Waals surface area contributed by atoms with E-state index in [0.717, 1.165) is 11.8 Å². The average Bonchev–Trinajstić information content (AvgIpc) is 3.14. The maximum absolute atomic E-state index is 13.8. The third-order valence-electron chi connectivity index (χ3n) is 9.72. The van der Waals surface area contributed by atoms with Crippen LogP contribution in [0.3, 0.4) is 0 Å². The minimum Gasteiger partial charge on any atom is -0.464 e. The van der Waals surface area contributed by atoms with Gasteiger partial charge in [-0.2, -0.15) is 0 Å². The van der Waals surface area contributed by atoms with Crippen LogP contribution in [0.4, 0.5) is 0 Å². The number of hydrogen-bond donors (Lipinski definition) is 0. The van der Waals surface area contributed by atoms with Gasteiger partial charge >= 0.3 is 5.97 Å². The van der Waals surface area contributed by atoms with Crippen molar-refractivity contribution < 1.29 is 9.53 Å². The molecule has 1 heterocycles. The van der Waals surface area contributed by atoms with Crippen molar-refractivity contribution in [2.24, 2.45) is 23.7 Å². The fourth-order valence-corrected chi connectivity index (χ4v) is 8.32. The predicted molar refractivity (Wildman–Crippen MR) is 121 cm³/mol. The minimum atomic E-state index is 0.0626. The van der Waals surface area contributed by atoms with Crippen LogP contribution in [0, 0.1) is 23.7 Å². The largest absolute Gasteiger partial charge is 0.464 e. The van der Waals surface area contributed by atoms with Crippen LogP contribution in [0.25, 0.3) is 0 Å². The van der Waals surface area contributed by atoms with E-state index in [0.29, 0.717) is 30.5 Å². The monoisotopic (exact) mass is 415 g/mol. The van der Waals surface area contributed by atoms with Gasteiger partial charge < -0.3 is 4.74 Å². The zero-order chi connectivity index (χ0) is 20.3. The summed E-state index contributed by atoms with van der Waals surface area (Å²) >= 11 is 0. The van der Waals surface area contributed by atoms with E-state index in [9.17, 15) is 4.79 Å². The number of esters is 1. The van der Waals surface area contributed by atoms with E-state index in [4.69, 9.17) is 4.74 Å². The van der Waals surface area contributed by atoms with E-state index in [1.54, 1.807) is 0 Å². The van der Waals surface area contributed by atoms with Gasteiger partial charge in [0.2, 0.25) is 0 Å². The van der Waals surface area contributed by atoms with E-state index in [-0.39, 0.29) is 12.0 Å². The molecule has 0 aromatic heterocycles. The lowest BCUT2D eigenvalue weighted by Crippen LogP contribution is -2.54. The van der Waals surface area contributed by atoms with Gasteiger partial charge in [0.15, 0.2) is 0 Å². The lowest BCUT2D eigenvalue weighted by molar-refractivity contribution is -0.157. The first-order valence-corrected chi connectivity index (χ1v) is 13.8. The van der Waals surface area contributed by atoms with E-state index >= 15 is 0 Å². The number of ether oxygens (including phenoxy) is 1. The summed E-state index contributed by atoms with van der Waals surface area (Å²) in [5.74, 6) is 3.06. The number of nitrogens with zero attached hydrogens (tertiary/aromatic N) is 1. The van der Waals surface area contributed by atoms with Gasteiger partial charge in [-0.05, 0) is 75.0 Å². The van der Waals surface area contributed by atoms with Gasteiger partial charge in [0, 0.05) is 12.1 Å². The second-order valence-electron chi connectivity index (χ2n) is 11.5. The highest BCUT2D eigenvalue weighted by molar-refractivity contribution is 5.76. The standard InChI is InChI=1S/C27H45NO2/c29-27(30-19-20-11-3-1-4-12-20)26(21-13-5-2-6-14-21)28-24-17-9-7-15-22(24)23-16-8-10-18-25(23)28/h20-26H,1-19H2. The third kappa shape index (κ3) is 4.34. The second-order valence-corrected chi connectivity index (χ2v) is 11.5. The van der Waals surface area contributed by atoms with Gasteiger partial charge in [0.25, 0.3) is 0 Å². The average molecular weight is 416 g/mol. The molecule has 5 fully saturated rings. The quantitative estimate of drug-likeness (QED) is 0.480. The summed E-state index contributed by atoms with van der Waals surface area (Å²) in [6.07, 6.45) is 24.1. The lowest BCUT2D eigenvalue weighted by Gasteiger charge is -2.43. The van der Waals surface area contributed by atoms with Crippen LogP contribution in [0.5, 0.6) is 0 Å². The second kappa shape index (κ2) is 9.92. The summed E-state index contributed by atoms with van der Waals surface area (Å²) in [6.45, 7) is 0.693. The zero-order valence-electron chi connectivity index (χ0n) is 19.2. The van der Waals surface area contributed by atoms with E-state index in [2.05, 4.69) is 4.90 Å². The van der Waals surface area contributed by atoms with Crippen LogP contribution < -0.4 is 0 Å². The Morgan fingerprint density at radius 3 is 1.77 bits per heavy atom.